The number of hydrogen-bond donors (Lipinski definition) is 1. The van der Waals surface area contributed by atoms with E-state index < -0.39 is 6.10 Å². The first-order valence-corrected chi connectivity index (χ1v) is 6.76. The van der Waals surface area contributed by atoms with Crippen molar-refractivity contribution in [3.63, 3.8) is 0 Å². The summed E-state index contributed by atoms with van der Waals surface area (Å²) in [7, 11) is 3.19. The number of benzene rings is 1. The van der Waals surface area contributed by atoms with Gasteiger partial charge in [0.1, 0.15) is 0 Å². The van der Waals surface area contributed by atoms with Gasteiger partial charge in [0, 0.05) is 12.2 Å². The van der Waals surface area contributed by atoms with Crippen molar-refractivity contribution in [2.75, 3.05) is 20.8 Å². The van der Waals surface area contributed by atoms with Crippen LogP contribution in [0.25, 0.3) is 0 Å². The fraction of sp³-hybridized carbons (Fsp3) is 0.600. The van der Waals surface area contributed by atoms with Gasteiger partial charge in [-0.15, -0.1) is 0 Å². The van der Waals surface area contributed by atoms with E-state index in [1.165, 1.54) is 0 Å². The van der Waals surface area contributed by atoms with E-state index >= 15 is 0 Å². The lowest BCUT2D eigenvalue weighted by atomic mass is 10.0. The van der Waals surface area contributed by atoms with Crippen LogP contribution in [-0.2, 0) is 4.74 Å². The molecule has 4 nitrogen and oxygen atoms in total. The second-order valence-corrected chi connectivity index (χ2v) is 4.81. The summed E-state index contributed by atoms with van der Waals surface area (Å²) in [5, 5.41) is 10.3. The smallest absolute Gasteiger partial charge is 0.166 e. The maximum atomic E-state index is 10.3. The summed E-state index contributed by atoms with van der Waals surface area (Å²) in [5.74, 6) is 1.26. The summed E-state index contributed by atoms with van der Waals surface area (Å²) in [5.41, 5.74) is 0.778. The normalized spacial score (nSPS) is 20.3. The highest BCUT2D eigenvalue weighted by molar-refractivity contribution is 5.47. The maximum absolute atomic E-state index is 10.3. The molecule has 19 heavy (non-hydrogen) atoms. The minimum Gasteiger partial charge on any atom is -0.493 e. The number of ether oxygens (including phenoxy) is 3. The largest absolute Gasteiger partial charge is 0.493 e. The van der Waals surface area contributed by atoms with E-state index in [0.29, 0.717) is 24.0 Å². The lowest BCUT2D eigenvalue weighted by Gasteiger charge is -2.18. The van der Waals surface area contributed by atoms with Crippen LogP contribution in [-0.4, -0.2) is 32.0 Å². The van der Waals surface area contributed by atoms with Crippen molar-refractivity contribution in [2.24, 2.45) is 0 Å². The molecule has 0 aromatic heterocycles. The Morgan fingerprint density at radius 3 is 2.84 bits per heavy atom. The summed E-state index contributed by atoms with van der Waals surface area (Å²) in [4.78, 5) is 0. The van der Waals surface area contributed by atoms with E-state index in [-0.39, 0.29) is 0 Å². The van der Waals surface area contributed by atoms with Gasteiger partial charge in [0.05, 0.1) is 26.4 Å². The molecule has 0 bridgehead atoms. The molecular weight excluding hydrogens is 244 g/mol. The monoisotopic (exact) mass is 266 g/mol. The van der Waals surface area contributed by atoms with Crippen molar-refractivity contribution in [1.82, 2.24) is 0 Å². The molecule has 1 heterocycles. The highest BCUT2D eigenvalue weighted by atomic mass is 16.5. The Labute approximate surface area is 114 Å². The van der Waals surface area contributed by atoms with Crippen molar-refractivity contribution in [3.05, 3.63) is 23.8 Å². The molecule has 1 aliphatic rings. The maximum Gasteiger partial charge on any atom is 0.166 e. The van der Waals surface area contributed by atoms with Gasteiger partial charge in [0.15, 0.2) is 11.5 Å². The van der Waals surface area contributed by atoms with Gasteiger partial charge in [-0.25, -0.2) is 0 Å². The van der Waals surface area contributed by atoms with E-state index in [2.05, 4.69) is 0 Å². The molecule has 0 radical (unpaired) electrons. The zero-order valence-corrected chi connectivity index (χ0v) is 11.6. The Balaban J connectivity index is 2.02. The van der Waals surface area contributed by atoms with Crippen LogP contribution >= 0.6 is 0 Å². The number of rotatable bonds is 6. The molecule has 1 aromatic carbocycles. The van der Waals surface area contributed by atoms with Crippen molar-refractivity contribution in [2.45, 2.75) is 37.9 Å². The fourth-order valence-electron chi connectivity index (χ4n) is 2.55. The molecule has 1 saturated heterocycles. The van der Waals surface area contributed by atoms with Gasteiger partial charge in [0.2, 0.25) is 0 Å². The second kappa shape index (κ2) is 6.78. The molecule has 0 aliphatic carbocycles. The van der Waals surface area contributed by atoms with Crippen LogP contribution in [0.1, 0.15) is 37.4 Å². The zero-order chi connectivity index (χ0) is 13.7. The number of hydrogen-bond acceptors (Lipinski definition) is 4. The SMILES string of the molecule is COc1cccc(C(O)CCC2CCCO2)c1OC. The summed E-state index contributed by atoms with van der Waals surface area (Å²) < 4.78 is 16.2. The number of aliphatic hydroxyl groups is 1. The average molecular weight is 266 g/mol. The summed E-state index contributed by atoms with van der Waals surface area (Å²) in [6.45, 7) is 0.850. The Kier molecular flexibility index (Phi) is 5.05. The lowest BCUT2D eigenvalue weighted by molar-refractivity contribution is 0.0804. The van der Waals surface area contributed by atoms with Crippen molar-refractivity contribution in [1.29, 1.82) is 0 Å². The van der Waals surface area contributed by atoms with Crippen LogP contribution in [0.2, 0.25) is 0 Å². The third-order valence-corrected chi connectivity index (χ3v) is 3.58. The number of para-hydroxylation sites is 1. The molecule has 1 aliphatic heterocycles. The molecule has 1 aromatic rings. The summed E-state index contributed by atoms with van der Waals surface area (Å²) in [6.07, 6.45) is 3.53. The van der Waals surface area contributed by atoms with Crippen LogP contribution in [0.5, 0.6) is 11.5 Å². The van der Waals surface area contributed by atoms with E-state index in [1.54, 1.807) is 14.2 Å². The van der Waals surface area contributed by atoms with Gasteiger partial charge in [-0.3, -0.25) is 0 Å². The molecule has 0 spiro atoms. The minimum atomic E-state index is -0.547. The average Bonchev–Trinajstić information content (AvgIpc) is 2.97. The first kappa shape index (κ1) is 14.2. The quantitative estimate of drug-likeness (QED) is 0.860. The molecule has 2 atom stereocenters. The van der Waals surface area contributed by atoms with E-state index in [1.807, 2.05) is 18.2 Å². The Hall–Kier alpha value is -1.26. The molecule has 2 rings (SSSR count). The highest BCUT2D eigenvalue weighted by Crippen LogP contribution is 2.36. The molecule has 0 saturated carbocycles. The molecule has 4 heteroatoms. The first-order chi connectivity index (χ1) is 9.26. The number of aliphatic hydroxyl groups excluding tert-OH is 1. The zero-order valence-electron chi connectivity index (χ0n) is 11.6. The fourth-order valence-corrected chi connectivity index (χ4v) is 2.55. The minimum absolute atomic E-state index is 0.297. The van der Waals surface area contributed by atoms with Crippen molar-refractivity contribution >= 4 is 0 Å². The van der Waals surface area contributed by atoms with Gasteiger partial charge in [-0.2, -0.15) is 0 Å². The van der Waals surface area contributed by atoms with Crippen LogP contribution in [0.15, 0.2) is 18.2 Å². The Bertz CT molecular complexity index is 399. The van der Waals surface area contributed by atoms with Gasteiger partial charge in [-0.1, -0.05) is 12.1 Å². The van der Waals surface area contributed by atoms with Crippen LogP contribution in [0.4, 0.5) is 0 Å². The number of methoxy groups -OCH3 is 2. The molecule has 106 valence electrons. The van der Waals surface area contributed by atoms with Crippen molar-refractivity contribution < 1.29 is 19.3 Å². The molecular formula is C15H22O4. The summed E-state index contributed by atoms with van der Waals surface area (Å²) in [6, 6.07) is 5.57. The molecule has 0 amide bonds. The molecule has 1 fully saturated rings. The Morgan fingerprint density at radius 1 is 1.37 bits per heavy atom. The van der Waals surface area contributed by atoms with Gasteiger partial charge < -0.3 is 19.3 Å². The third-order valence-electron chi connectivity index (χ3n) is 3.58. The van der Waals surface area contributed by atoms with Crippen LogP contribution in [0, 0.1) is 0 Å². The Morgan fingerprint density at radius 2 is 2.21 bits per heavy atom. The van der Waals surface area contributed by atoms with E-state index in [4.69, 9.17) is 14.2 Å². The first-order valence-electron chi connectivity index (χ1n) is 6.76. The molecule has 2 unspecified atom stereocenters. The second-order valence-electron chi connectivity index (χ2n) is 4.81. The predicted molar refractivity (Wildman–Crippen MR) is 72.7 cm³/mol. The van der Waals surface area contributed by atoms with Gasteiger partial charge >= 0.3 is 0 Å². The van der Waals surface area contributed by atoms with Gasteiger partial charge in [-0.05, 0) is 31.7 Å². The van der Waals surface area contributed by atoms with Crippen molar-refractivity contribution in [3.8, 4) is 11.5 Å². The predicted octanol–water partition coefficient (Wildman–Crippen LogP) is 2.70. The highest BCUT2D eigenvalue weighted by Gasteiger charge is 2.20. The van der Waals surface area contributed by atoms with Gasteiger partial charge in [0.25, 0.3) is 0 Å². The summed E-state index contributed by atoms with van der Waals surface area (Å²) >= 11 is 0. The van der Waals surface area contributed by atoms with E-state index in [0.717, 1.165) is 31.4 Å². The molecule has 1 N–H and O–H groups in total. The topological polar surface area (TPSA) is 47.9 Å². The lowest BCUT2D eigenvalue weighted by Crippen LogP contribution is -2.09. The van der Waals surface area contributed by atoms with Crippen LogP contribution in [0.3, 0.4) is 0 Å². The standard InChI is InChI=1S/C15H22O4/c1-17-14-7-3-6-12(15(14)18-2)13(16)9-8-11-5-4-10-19-11/h3,6-7,11,13,16H,4-5,8-10H2,1-2H3. The third kappa shape index (κ3) is 3.39. The van der Waals surface area contributed by atoms with E-state index in [9.17, 15) is 5.11 Å². The van der Waals surface area contributed by atoms with Crippen LogP contribution < -0.4 is 9.47 Å².